The molecule has 1 heterocycles. The van der Waals surface area contributed by atoms with E-state index in [9.17, 15) is 0 Å². The summed E-state index contributed by atoms with van der Waals surface area (Å²) < 4.78 is 0. The van der Waals surface area contributed by atoms with Crippen molar-refractivity contribution in [3.63, 3.8) is 0 Å². The number of halogens is 2. The zero-order valence-electron chi connectivity index (χ0n) is 12.3. The molecule has 0 aliphatic carbocycles. The Morgan fingerprint density at radius 2 is 1.73 bits per heavy atom. The van der Waals surface area contributed by atoms with Crippen LogP contribution >= 0.6 is 23.2 Å². The lowest BCUT2D eigenvalue weighted by Gasteiger charge is -2.14. The summed E-state index contributed by atoms with van der Waals surface area (Å²) >= 11 is 12.2. The molecule has 0 saturated heterocycles. The quantitative estimate of drug-likeness (QED) is 0.729. The van der Waals surface area contributed by atoms with Crippen LogP contribution in [0.3, 0.4) is 0 Å². The van der Waals surface area contributed by atoms with Gasteiger partial charge in [-0.25, -0.2) is 4.98 Å². The summed E-state index contributed by atoms with van der Waals surface area (Å²) in [4.78, 5) is 6.55. The highest BCUT2D eigenvalue weighted by Gasteiger charge is 2.11. The van der Waals surface area contributed by atoms with Crippen LogP contribution in [0.15, 0.2) is 42.5 Å². The van der Waals surface area contributed by atoms with Crippen LogP contribution in [0.1, 0.15) is 0 Å². The van der Waals surface area contributed by atoms with Crippen molar-refractivity contribution in [2.24, 2.45) is 0 Å². The van der Waals surface area contributed by atoms with Crippen molar-refractivity contribution < 1.29 is 0 Å². The SMILES string of the molecule is CN(C)c1ccc2cc(-c3ccc(Cl)cc3Cl)c(N)nc2c1. The van der Waals surface area contributed by atoms with Gasteiger partial charge in [0.15, 0.2) is 0 Å². The summed E-state index contributed by atoms with van der Waals surface area (Å²) in [6.07, 6.45) is 0. The van der Waals surface area contributed by atoms with Gasteiger partial charge in [-0.2, -0.15) is 0 Å². The second-order valence-electron chi connectivity index (χ2n) is 5.32. The van der Waals surface area contributed by atoms with E-state index in [2.05, 4.69) is 4.98 Å². The van der Waals surface area contributed by atoms with E-state index < -0.39 is 0 Å². The van der Waals surface area contributed by atoms with Gasteiger partial charge in [-0.1, -0.05) is 35.3 Å². The molecule has 0 aliphatic rings. The van der Waals surface area contributed by atoms with E-state index in [0.29, 0.717) is 15.9 Å². The summed E-state index contributed by atoms with van der Waals surface area (Å²) in [5.74, 6) is 0.452. The molecule has 0 saturated carbocycles. The average molecular weight is 332 g/mol. The molecule has 3 rings (SSSR count). The number of nitrogens with two attached hydrogens (primary N) is 1. The molecule has 22 heavy (non-hydrogen) atoms. The van der Waals surface area contributed by atoms with Gasteiger partial charge < -0.3 is 10.6 Å². The largest absolute Gasteiger partial charge is 0.383 e. The fourth-order valence-electron chi connectivity index (χ4n) is 2.37. The summed E-state index contributed by atoms with van der Waals surface area (Å²) in [7, 11) is 3.98. The van der Waals surface area contributed by atoms with Crippen LogP contribution in [-0.4, -0.2) is 19.1 Å². The summed E-state index contributed by atoms with van der Waals surface area (Å²) in [6.45, 7) is 0. The number of benzene rings is 2. The number of hydrogen-bond acceptors (Lipinski definition) is 3. The highest BCUT2D eigenvalue weighted by molar-refractivity contribution is 6.36. The van der Waals surface area contributed by atoms with E-state index in [0.717, 1.165) is 27.7 Å². The average Bonchev–Trinajstić information content (AvgIpc) is 2.46. The van der Waals surface area contributed by atoms with Gasteiger partial charge in [0.25, 0.3) is 0 Å². The molecule has 1 aromatic heterocycles. The van der Waals surface area contributed by atoms with Gasteiger partial charge in [0.2, 0.25) is 0 Å². The first-order valence-corrected chi connectivity index (χ1v) is 7.54. The van der Waals surface area contributed by atoms with Crippen molar-refractivity contribution in [1.29, 1.82) is 0 Å². The normalized spacial score (nSPS) is 10.9. The monoisotopic (exact) mass is 331 g/mol. The topological polar surface area (TPSA) is 42.1 Å². The third-order valence-corrected chi connectivity index (χ3v) is 4.12. The van der Waals surface area contributed by atoms with E-state index >= 15 is 0 Å². The Labute approximate surface area is 139 Å². The molecule has 3 aromatic rings. The van der Waals surface area contributed by atoms with E-state index in [1.807, 2.05) is 49.3 Å². The smallest absolute Gasteiger partial charge is 0.132 e. The van der Waals surface area contributed by atoms with E-state index in [1.54, 1.807) is 12.1 Å². The maximum absolute atomic E-state index is 6.28. The molecular formula is C17H15Cl2N3. The third kappa shape index (κ3) is 2.70. The number of anilines is 2. The highest BCUT2D eigenvalue weighted by Crippen LogP contribution is 2.35. The van der Waals surface area contributed by atoms with Crippen LogP contribution in [0.5, 0.6) is 0 Å². The Hall–Kier alpha value is -1.97. The maximum atomic E-state index is 6.28. The Bertz CT molecular complexity index is 860. The second kappa shape index (κ2) is 5.67. The number of nitrogen functional groups attached to an aromatic ring is 1. The Kier molecular flexibility index (Phi) is 3.85. The van der Waals surface area contributed by atoms with Gasteiger partial charge in [0.05, 0.1) is 10.5 Å². The molecule has 0 radical (unpaired) electrons. The van der Waals surface area contributed by atoms with Crippen LogP contribution in [0, 0.1) is 0 Å². The van der Waals surface area contributed by atoms with Crippen molar-refractivity contribution in [3.8, 4) is 11.1 Å². The van der Waals surface area contributed by atoms with E-state index in [4.69, 9.17) is 28.9 Å². The number of aromatic nitrogens is 1. The first-order chi connectivity index (χ1) is 10.5. The van der Waals surface area contributed by atoms with Gasteiger partial charge in [0, 0.05) is 41.3 Å². The molecule has 5 heteroatoms. The minimum Gasteiger partial charge on any atom is -0.383 e. The predicted molar refractivity (Wildman–Crippen MR) is 95.9 cm³/mol. The molecule has 0 fully saturated rings. The number of nitrogens with zero attached hydrogens (tertiary/aromatic N) is 2. The van der Waals surface area contributed by atoms with Gasteiger partial charge in [-0.05, 0) is 30.3 Å². The minimum absolute atomic E-state index is 0.452. The van der Waals surface area contributed by atoms with E-state index in [-0.39, 0.29) is 0 Å². The highest BCUT2D eigenvalue weighted by atomic mass is 35.5. The molecule has 0 spiro atoms. The van der Waals surface area contributed by atoms with Crippen molar-refractivity contribution in [1.82, 2.24) is 4.98 Å². The molecule has 0 bridgehead atoms. The van der Waals surface area contributed by atoms with Crippen molar-refractivity contribution in [2.45, 2.75) is 0 Å². The maximum Gasteiger partial charge on any atom is 0.132 e. The first kappa shape index (κ1) is 14.9. The van der Waals surface area contributed by atoms with Crippen LogP contribution in [0.4, 0.5) is 11.5 Å². The third-order valence-electron chi connectivity index (χ3n) is 3.57. The number of fused-ring (bicyclic) bond motifs is 1. The summed E-state index contributed by atoms with van der Waals surface area (Å²) in [5.41, 5.74) is 9.71. The molecule has 0 unspecified atom stereocenters. The fourth-order valence-corrected chi connectivity index (χ4v) is 2.88. The zero-order chi connectivity index (χ0) is 15.9. The fraction of sp³-hybridized carbons (Fsp3) is 0.118. The Morgan fingerprint density at radius 3 is 2.41 bits per heavy atom. The molecule has 0 amide bonds. The van der Waals surface area contributed by atoms with Crippen molar-refractivity contribution in [2.75, 3.05) is 24.7 Å². The lowest BCUT2D eigenvalue weighted by molar-refractivity contribution is 1.13. The number of rotatable bonds is 2. The van der Waals surface area contributed by atoms with Gasteiger partial charge in [-0.15, -0.1) is 0 Å². The van der Waals surface area contributed by atoms with Crippen LogP contribution in [0.2, 0.25) is 10.0 Å². The van der Waals surface area contributed by atoms with Crippen molar-refractivity contribution >= 4 is 45.6 Å². The van der Waals surface area contributed by atoms with Gasteiger partial charge >= 0.3 is 0 Å². The minimum atomic E-state index is 0.452. The lowest BCUT2D eigenvalue weighted by Crippen LogP contribution is -2.08. The number of hydrogen-bond donors (Lipinski definition) is 1. The molecule has 0 atom stereocenters. The summed E-state index contributed by atoms with van der Waals surface area (Å²) in [5, 5.41) is 2.17. The predicted octanol–water partition coefficient (Wildman–Crippen LogP) is 4.86. The molecule has 2 aromatic carbocycles. The molecule has 3 nitrogen and oxygen atoms in total. The van der Waals surface area contributed by atoms with Crippen LogP contribution in [-0.2, 0) is 0 Å². The van der Waals surface area contributed by atoms with Crippen LogP contribution < -0.4 is 10.6 Å². The van der Waals surface area contributed by atoms with Gasteiger partial charge in [-0.3, -0.25) is 0 Å². The molecular weight excluding hydrogens is 317 g/mol. The second-order valence-corrected chi connectivity index (χ2v) is 6.16. The number of pyridine rings is 1. The van der Waals surface area contributed by atoms with Gasteiger partial charge in [0.1, 0.15) is 5.82 Å². The van der Waals surface area contributed by atoms with Crippen molar-refractivity contribution in [3.05, 3.63) is 52.5 Å². The first-order valence-electron chi connectivity index (χ1n) is 6.79. The lowest BCUT2D eigenvalue weighted by atomic mass is 10.0. The Morgan fingerprint density at radius 1 is 0.955 bits per heavy atom. The van der Waals surface area contributed by atoms with E-state index in [1.165, 1.54) is 0 Å². The molecule has 112 valence electrons. The Balaban J connectivity index is 2.19. The van der Waals surface area contributed by atoms with Crippen LogP contribution in [0.25, 0.3) is 22.0 Å². The molecule has 2 N–H and O–H groups in total. The standard InChI is InChI=1S/C17H15Cl2N3/c1-22(2)12-5-3-10-7-14(17(20)21-16(10)9-12)13-6-4-11(18)8-15(13)19/h3-9H,1-2H3,(H2,20,21). The zero-order valence-corrected chi connectivity index (χ0v) is 13.8. The summed E-state index contributed by atoms with van der Waals surface area (Å²) in [6, 6.07) is 13.5. The molecule has 0 aliphatic heterocycles.